The van der Waals surface area contributed by atoms with E-state index in [9.17, 15) is 10.2 Å². The molecule has 43 heavy (non-hydrogen) atoms. The first-order valence-corrected chi connectivity index (χ1v) is 15.1. The van der Waals surface area contributed by atoms with E-state index in [1.54, 1.807) is 0 Å². The average Bonchev–Trinajstić information content (AvgIpc) is 3.00. The molecule has 2 aromatic rings. The molecule has 0 fully saturated rings. The molecule has 244 valence electrons. The summed E-state index contributed by atoms with van der Waals surface area (Å²) in [5, 5.41) is 26.2. The summed E-state index contributed by atoms with van der Waals surface area (Å²) >= 11 is 0. The summed E-state index contributed by atoms with van der Waals surface area (Å²) in [6, 6.07) is 15.2. The van der Waals surface area contributed by atoms with E-state index in [1.807, 2.05) is 76.2 Å². The number of nitrogens with one attached hydrogen (secondary N) is 2. The maximum atomic E-state index is 9.92. The highest BCUT2D eigenvalue weighted by molar-refractivity contribution is 5.32. The Labute approximate surface area is 256 Å². The highest BCUT2D eigenvalue weighted by atomic mass is 16.6. The van der Waals surface area contributed by atoms with Crippen LogP contribution in [0.1, 0.15) is 27.7 Å². The van der Waals surface area contributed by atoms with Crippen LogP contribution in [-0.4, -0.2) is 114 Å². The van der Waals surface area contributed by atoms with Crippen molar-refractivity contribution in [1.82, 2.24) is 10.6 Å². The number of hydrogen-bond donors (Lipinski definition) is 4. The summed E-state index contributed by atoms with van der Waals surface area (Å²) in [5.41, 5.74) is 0. The van der Waals surface area contributed by atoms with E-state index in [1.165, 1.54) is 0 Å². The van der Waals surface area contributed by atoms with Crippen LogP contribution < -0.4 is 29.6 Å². The minimum absolute atomic E-state index is 0.230. The van der Waals surface area contributed by atoms with E-state index in [0.717, 1.165) is 11.5 Å². The van der Waals surface area contributed by atoms with Crippen molar-refractivity contribution >= 4 is 0 Å². The first kappa shape index (κ1) is 36.6. The summed E-state index contributed by atoms with van der Waals surface area (Å²) in [5.74, 6) is 2.81. The molecular weight excluding hydrogens is 556 g/mol. The number of benzene rings is 2. The molecule has 0 bridgehead atoms. The van der Waals surface area contributed by atoms with Gasteiger partial charge in [-0.2, -0.15) is 0 Å². The predicted octanol–water partition coefficient (Wildman–Crippen LogP) is 2.67. The molecule has 0 spiro atoms. The molecule has 0 heterocycles. The third-order valence-corrected chi connectivity index (χ3v) is 5.79. The van der Waals surface area contributed by atoms with Gasteiger partial charge in [-0.3, -0.25) is 0 Å². The summed E-state index contributed by atoms with van der Waals surface area (Å²) in [7, 11) is 0. The van der Waals surface area contributed by atoms with Gasteiger partial charge in [0.25, 0.3) is 0 Å². The topological polar surface area (TPSA) is 129 Å². The SMILES string of the molecule is CC(C)NC[C@H](O)COc1ccc(OCCOCCOCCOCCOc2ccc(OC[C@@H](O)CNC(C)C)cc2)cc1. The second kappa shape index (κ2) is 22.8. The van der Waals surface area contributed by atoms with Gasteiger partial charge in [0.2, 0.25) is 0 Å². The van der Waals surface area contributed by atoms with E-state index >= 15 is 0 Å². The standard InChI is InChI=1S/C32H52N2O9/c1-25(2)33-21-27(35)23-42-31-9-5-29(6-10-31)40-19-17-38-15-13-37-14-16-39-18-20-41-30-7-11-32(12-8-30)43-24-28(36)22-34-26(3)4/h5-12,25-28,33-36H,13-24H2,1-4H3/t27-,28-/m0/s1. The van der Waals surface area contributed by atoms with Crippen molar-refractivity contribution in [3.8, 4) is 23.0 Å². The summed E-state index contributed by atoms with van der Waals surface area (Å²) in [4.78, 5) is 0. The maximum absolute atomic E-state index is 9.92. The Morgan fingerprint density at radius 1 is 0.465 bits per heavy atom. The maximum Gasteiger partial charge on any atom is 0.119 e. The molecule has 2 atom stereocenters. The first-order chi connectivity index (χ1) is 20.8. The van der Waals surface area contributed by atoms with Gasteiger partial charge in [0, 0.05) is 25.2 Å². The molecule has 0 aliphatic rings. The monoisotopic (exact) mass is 608 g/mol. The normalized spacial score (nSPS) is 12.8. The summed E-state index contributed by atoms with van der Waals surface area (Å²) < 4.78 is 39.2. The van der Waals surface area contributed by atoms with Crippen LogP contribution in [0, 0.1) is 0 Å². The molecule has 11 nitrogen and oxygen atoms in total. The molecule has 2 rings (SSSR count). The Morgan fingerprint density at radius 3 is 1.05 bits per heavy atom. The smallest absolute Gasteiger partial charge is 0.119 e. The largest absolute Gasteiger partial charge is 0.491 e. The highest BCUT2D eigenvalue weighted by Crippen LogP contribution is 2.18. The average molecular weight is 609 g/mol. The zero-order valence-electron chi connectivity index (χ0n) is 26.2. The Balaban J connectivity index is 1.38. The van der Waals surface area contributed by atoms with Crippen molar-refractivity contribution < 1.29 is 43.4 Å². The van der Waals surface area contributed by atoms with Crippen LogP contribution in [0.2, 0.25) is 0 Å². The van der Waals surface area contributed by atoms with Crippen molar-refractivity contribution in [1.29, 1.82) is 0 Å². The molecule has 0 aromatic heterocycles. The van der Waals surface area contributed by atoms with E-state index in [2.05, 4.69) is 10.6 Å². The van der Waals surface area contributed by atoms with Crippen molar-refractivity contribution in [2.45, 2.75) is 52.0 Å². The molecule has 0 amide bonds. The van der Waals surface area contributed by atoms with Crippen molar-refractivity contribution in [2.24, 2.45) is 0 Å². The summed E-state index contributed by atoms with van der Waals surface area (Å²) in [6.45, 7) is 13.2. The molecule has 11 heteroatoms. The number of aliphatic hydroxyl groups excluding tert-OH is 2. The van der Waals surface area contributed by atoms with Gasteiger partial charge in [0.1, 0.15) is 61.6 Å². The zero-order chi connectivity index (χ0) is 31.1. The van der Waals surface area contributed by atoms with Gasteiger partial charge in [-0.25, -0.2) is 0 Å². The third-order valence-electron chi connectivity index (χ3n) is 5.79. The van der Waals surface area contributed by atoms with Gasteiger partial charge in [0.15, 0.2) is 0 Å². The summed E-state index contributed by atoms with van der Waals surface area (Å²) in [6.07, 6.45) is -1.12. The van der Waals surface area contributed by atoms with Gasteiger partial charge in [-0.15, -0.1) is 0 Å². The molecule has 0 aliphatic carbocycles. The Kier molecular flexibility index (Phi) is 19.4. The Hall–Kier alpha value is -2.64. The molecule has 4 N–H and O–H groups in total. The third kappa shape index (κ3) is 19.3. The van der Waals surface area contributed by atoms with Crippen LogP contribution in [0.4, 0.5) is 0 Å². The van der Waals surface area contributed by atoms with Crippen LogP contribution in [0.5, 0.6) is 23.0 Å². The van der Waals surface area contributed by atoms with Crippen LogP contribution in [0.25, 0.3) is 0 Å². The number of hydrogen-bond acceptors (Lipinski definition) is 11. The quantitative estimate of drug-likeness (QED) is 0.118. The van der Waals surface area contributed by atoms with Gasteiger partial charge in [-0.1, -0.05) is 27.7 Å². The van der Waals surface area contributed by atoms with Gasteiger partial charge in [0.05, 0.1) is 39.6 Å². The van der Waals surface area contributed by atoms with Crippen molar-refractivity contribution in [3.05, 3.63) is 48.5 Å². The van der Waals surface area contributed by atoms with Gasteiger partial charge in [-0.05, 0) is 48.5 Å². The molecule has 0 aliphatic heterocycles. The molecule has 0 radical (unpaired) electrons. The van der Waals surface area contributed by atoms with E-state index in [4.69, 9.17) is 33.2 Å². The Bertz CT molecular complexity index is 854. The van der Waals surface area contributed by atoms with Crippen LogP contribution >= 0.6 is 0 Å². The lowest BCUT2D eigenvalue weighted by molar-refractivity contribution is 0.00498. The minimum atomic E-state index is -0.562. The highest BCUT2D eigenvalue weighted by Gasteiger charge is 2.07. The molecule has 2 aromatic carbocycles. The number of aliphatic hydroxyl groups is 2. The Morgan fingerprint density at radius 2 is 0.744 bits per heavy atom. The van der Waals surface area contributed by atoms with E-state index < -0.39 is 12.2 Å². The first-order valence-electron chi connectivity index (χ1n) is 15.1. The lowest BCUT2D eigenvalue weighted by Gasteiger charge is -2.15. The molecule has 0 saturated carbocycles. The van der Waals surface area contributed by atoms with Crippen LogP contribution in [-0.2, 0) is 14.2 Å². The number of ether oxygens (including phenoxy) is 7. The van der Waals surface area contributed by atoms with E-state index in [-0.39, 0.29) is 13.2 Å². The van der Waals surface area contributed by atoms with Crippen molar-refractivity contribution in [3.63, 3.8) is 0 Å². The number of rotatable bonds is 26. The predicted molar refractivity (Wildman–Crippen MR) is 166 cm³/mol. The second-order valence-corrected chi connectivity index (χ2v) is 10.5. The molecule has 0 unspecified atom stereocenters. The van der Waals surface area contributed by atoms with Crippen LogP contribution in [0.3, 0.4) is 0 Å². The van der Waals surface area contributed by atoms with Gasteiger partial charge < -0.3 is 54.0 Å². The lowest BCUT2D eigenvalue weighted by Crippen LogP contribution is -2.35. The van der Waals surface area contributed by atoms with E-state index in [0.29, 0.717) is 89.5 Å². The fourth-order valence-corrected chi connectivity index (χ4v) is 3.49. The van der Waals surface area contributed by atoms with Gasteiger partial charge >= 0.3 is 0 Å². The molecular formula is C32H52N2O9. The zero-order valence-corrected chi connectivity index (χ0v) is 26.2. The second-order valence-electron chi connectivity index (χ2n) is 10.5. The van der Waals surface area contributed by atoms with Crippen LogP contribution in [0.15, 0.2) is 48.5 Å². The fraction of sp³-hybridized carbons (Fsp3) is 0.625. The molecule has 0 saturated heterocycles. The lowest BCUT2D eigenvalue weighted by atomic mass is 10.3. The minimum Gasteiger partial charge on any atom is -0.491 e. The fourth-order valence-electron chi connectivity index (χ4n) is 3.49. The van der Waals surface area contributed by atoms with Crippen molar-refractivity contribution in [2.75, 3.05) is 79.2 Å².